The molecule has 2 saturated heterocycles. The van der Waals surface area contributed by atoms with Crippen molar-refractivity contribution in [3.63, 3.8) is 0 Å². The van der Waals surface area contributed by atoms with Crippen molar-refractivity contribution >= 4 is 18.4 Å². The number of halogens is 1. The van der Waals surface area contributed by atoms with E-state index in [9.17, 15) is 4.79 Å². The van der Waals surface area contributed by atoms with Crippen LogP contribution in [-0.4, -0.2) is 25.2 Å². The minimum absolute atomic E-state index is 0. The Bertz CT molecular complexity index is 147. The van der Waals surface area contributed by atoms with Gasteiger partial charge in [-0.25, -0.2) is 0 Å². The monoisotopic (exact) mass is 177 g/mol. The quantitative estimate of drug-likeness (QED) is 0.542. The molecule has 0 aromatic rings. The molecule has 2 atom stereocenters. The molecule has 0 spiro atoms. The summed E-state index contributed by atoms with van der Waals surface area (Å²) in [7, 11) is 0. The van der Waals surface area contributed by atoms with Gasteiger partial charge in [-0.3, -0.25) is 4.79 Å². The molecular weight excluding hydrogens is 166 g/mol. The standard InChI is InChI=1S/C7H11NO2.ClH/c9-7-3-5-1-2-8-4-6(5)10-7;/h5-6,8H,1-4H2;1H. The topological polar surface area (TPSA) is 38.3 Å². The average Bonchev–Trinajstić information content (AvgIpc) is 2.27. The maximum atomic E-state index is 10.8. The van der Waals surface area contributed by atoms with Crippen LogP contribution in [0, 0.1) is 5.92 Å². The van der Waals surface area contributed by atoms with Crippen molar-refractivity contribution in [1.29, 1.82) is 0 Å². The van der Waals surface area contributed by atoms with Gasteiger partial charge in [0.2, 0.25) is 0 Å². The summed E-state index contributed by atoms with van der Waals surface area (Å²) in [6.45, 7) is 1.90. The smallest absolute Gasteiger partial charge is 0.306 e. The summed E-state index contributed by atoms with van der Waals surface area (Å²) >= 11 is 0. The van der Waals surface area contributed by atoms with Crippen LogP contribution in [0.25, 0.3) is 0 Å². The molecule has 0 radical (unpaired) electrons. The Morgan fingerprint density at radius 3 is 3.09 bits per heavy atom. The first-order valence-corrected chi connectivity index (χ1v) is 3.76. The number of carbonyl (C=O) groups excluding carboxylic acids is 1. The van der Waals surface area contributed by atoms with Crippen molar-refractivity contribution in [2.45, 2.75) is 18.9 Å². The van der Waals surface area contributed by atoms with Gasteiger partial charge in [-0.1, -0.05) is 0 Å². The van der Waals surface area contributed by atoms with Crippen molar-refractivity contribution < 1.29 is 9.53 Å². The second-order valence-corrected chi connectivity index (χ2v) is 2.99. The molecule has 2 unspecified atom stereocenters. The molecule has 2 fully saturated rings. The molecule has 11 heavy (non-hydrogen) atoms. The van der Waals surface area contributed by atoms with Gasteiger partial charge in [0.15, 0.2) is 0 Å². The van der Waals surface area contributed by atoms with E-state index in [0.717, 1.165) is 19.5 Å². The highest BCUT2D eigenvalue weighted by molar-refractivity contribution is 5.85. The van der Waals surface area contributed by atoms with Crippen molar-refractivity contribution in [2.75, 3.05) is 13.1 Å². The number of hydrogen-bond acceptors (Lipinski definition) is 3. The molecule has 0 aliphatic carbocycles. The molecule has 0 aromatic heterocycles. The molecule has 3 nitrogen and oxygen atoms in total. The molecule has 64 valence electrons. The minimum atomic E-state index is -0.0151. The van der Waals surface area contributed by atoms with Crippen LogP contribution in [-0.2, 0) is 9.53 Å². The van der Waals surface area contributed by atoms with Crippen molar-refractivity contribution in [2.24, 2.45) is 5.92 Å². The first kappa shape index (κ1) is 8.81. The van der Waals surface area contributed by atoms with Crippen LogP contribution < -0.4 is 5.32 Å². The Balaban J connectivity index is 0.000000605. The third kappa shape index (κ3) is 1.65. The maximum Gasteiger partial charge on any atom is 0.306 e. The number of fused-ring (bicyclic) bond motifs is 1. The molecule has 0 amide bonds. The number of esters is 1. The molecule has 0 saturated carbocycles. The van der Waals surface area contributed by atoms with Crippen molar-refractivity contribution in [3.8, 4) is 0 Å². The van der Waals surface area contributed by atoms with Crippen LogP contribution in [0.15, 0.2) is 0 Å². The molecule has 2 rings (SSSR count). The largest absolute Gasteiger partial charge is 0.461 e. The number of hydrogen-bond donors (Lipinski definition) is 1. The third-order valence-corrected chi connectivity index (χ3v) is 2.27. The van der Waals surface area contributed by atoms with Crippen LogP contribution in [0.1, 0.15) is 12.8 Å². The number of piperidine rings is 1. The van der Waals surface area contributed by atoms with Crippen LogP contribution in [0.2, 0.25) is 0 Å². The van der Waals surface area contributed by atoms with Gasteiger partial charge in [0.25, 0.3) is 0 Å². The molecule has 2 heterocycles. The summed E-state index contributed by atoms with van der Waals surface area (Å²) in [5, 5.41) is 3.20. The van der Waals surface area contributed by atoms with Gasteiger partial charge in [0, 0.05) is 12.5 Å². The number of rotatable bonds is 0. The van der Waals surface area contributed by atoms with Gasteiger partial charge in [0.1, 0.15) is 6.10 Å². The second-order valence-electron chi connectivity index (χ2n) is 2.99. The first-order valence-electron chi connectivity index (χ1n) is 3.76. The Kier molecular flexibility index (Phi) is 2.73. The number of nitrogens with one attached hydrogen (secondary N) is 1. The van der Waals surface area contributed by atoms with Gasteiger partial charge in [-0.15, -0.1) is 12.4 Å². The van der Waals surface area contributed by atoms with E-state index in [0.29, 0.717) is 12.3 Å². The van der Waals surface area contributed by atoms with Gasteiger partial charge >= 0.3 is 5.97 Å². The molecule has 2 aliphatic rings. The van der Waals surface area contributed by atoms with Gasteiger partial charge in [0.05, 0.1) is 6.42 Å². The van der Waals surface area contributed by atoms with Crippen molar-refractivity contribution in [1.82, 2.24) is 5.32 Å². The van der Waals surface area contributed by atoms with Crippen LogP contribution >= 0.6 is 12.4 Å². The van der Waals surface area contributed by atoms with E-state index in [-0.39, 0.29) is 24.5 Å². The SMILES string of the molecule is Cl.O=C1CC2CCNCC2O1. The van der Waals surface area contributed by atoms with Crippen LogP contribution in [0.3, 0.4) is 0 Å². The summed E-state index contributed by atoms with van der Waals surface area (Å²) < 4.78 is 5.06. The van der Waals surface area contributed by atoms with Gasteiger partial charge in [-0.2, -0.15) is 0 Å². The normalized spacial score (nSPS) is 35.5. The zero-order valence-electron chi connectivity index (χ0n) is 6.21. The highest BCUT2D eigenvalue weighted by Gasteiger charge is 2.35. The molecule has 0 bridgehead atoms. The third-order valence-electron chi connectivity index (χ3n) is 2.27. The van der Waals surface area contributed by atoms with E-state index >= 15 is 0 Å². The molecule has 0 aromatic carbocycles. The maximum absolute atomic E-state index is 10.8. The zero-order valence-corrected chi connectivity index (χ0v) is 7.02. The molecule has 4 heteroatoms. The predicted molar refractivity (Wildman–Crippen MR) is 42.7 cm³/mol. The lowest BCUT2D eigenvalue weighted by Gasteiger charge is -2.23. The fourth-order valence-electron chi connectivity index (χ4n) is 1.69. The predicted octanol–water partition coefficient (Wildman–Crippen LogP) is 0.333. The average molecular weight is 178 g/mol. The lowest BCUT2D eigenvalue weighted by molar-refractivity contribution is -0.141. The molecular formula is C7H12ClNO2. The van der Waals surface area contributed by atoms with Gasteiger partial charge in [-0.05, 0) is 13.0 Å². The summed E-state index contributed by atoms with van der Waals surface area (Å²) in [6.07, 6.45) is 1.92. The summed E-state index contributed by atoms with van der Waals surface area (Å²) in [5.74, 6) is 0.493. The zero-order chi connectivity index (χ0) is 6.97. The summed E-state index contributed by atoms with van der Waals surface area (Å²) in [5.41, 5.74) is 0. The van der Waals surface area contributed by atoms with E-state index < -0.39 is 0 Å². The Morgan fingerprint density at radius 2 is 2.36 bits per heavy atom. The summed E-state index contributed by atoms with van der Waals surface area (Å²) in [4.78, 5) is 10.8. The molecule has 2 aliphatic heterocycles. The lowest BCUT2D eigenvalue weighted by atomic mass is 9.95. The lowest BCUT2D eigenvalue weighted by Crippen LogP contribution is -2.38. The first-order chi connectivity index (χ1) is 4.86. The minimum Gasteiger partial charge on any atom is -0.461 e. The Labute approximate surface area is 71.9 Å². The van der Waals surface area contributed by atoms with Crippen LogP contribution in [0.4, 0.5) is 0 Å². The van der Waals surface area contributed by atoms with Crippen molar-refractivity contribution in [3.05, 3.63) is 0 Å². The number of ether oxygens (including phenoxy) is 1. The fraction of sp³-hybridized carbons (Fsp3) is 0.857. The van der Waals surface area contributed by atoms with E-state index in [1.165, 1.54) is 0 Å². The van der Waals surface area contributed by atoms with E-state index in [2.05, 4.69) is 5.32 Å². The second kappa shape index (κ2) is 3.41. The Morgan fingerprint density at radius 1 is 1.55 bits per heavy atom. The Hall–Kier alpha value is -0.280. The molecule has 1 N–H and O–H groups in total. The fourth-order valence-corrected chi connectivity index (χ4v) is 1.69. The van der Waals surface area contributed by atoms with Crippen LogP contribution in [0.5, 0.6) is 0 Å². The highest BCUT2D eigenvalue weighted by atomic mass is 35.5. The van der Waals surface area contributed by atoms with E-state index in [1.807, 2.05) is 0 Å². The van der Waals surface area contributed by atoms with Gasteiger partial charge < -0.3 is 10.1 Å². The summed E-state index contributed by atoms with van der Waals surface area (Å²) in [6, 6.07) is 0. The van der Waals surface area contributed by atoms with E-state index in [1.54, 1.807) is 0 Å². The van der Waals surface area contributed by atoms with E-state index in [4.69, 9.17) is 4.74 Å². The highest BCUT2D eigenvalue weighted by Crippen LogP contribution is 2.26. The number of carbonyl (C=O) groups is 1.